The van der Waals surface area contributed by atoms with E-state index in [1.807, 2.05) is 50.3 Å². The minimum Gasteiger partial charge on any atom is -0.458 e. The molecule has 0 aliphatic heterocycles. The Balaban J connectivity index is 2.77. The number of hydrogen-bond donors (Lipinski definition) is 0. The number of benzene rings is 1. The molecule has 0 amide bonds. The molecule has 1 nitrogen and oxygen atoms in total. The predicted octanol–water partition coefficient (Wildman–Crippen LogP) is 4.20. The largest absolute Gasteiger partial charge is 0.458 e. The van der Waals surface area contributed by atoms with Gasteiger partial charge in [-0.3, -0.25) is 0 Å². The van der Waals surface area contributed by atoms with Gasteiger partial charge in [0.25, 0.3) is 0 Å². The highest BCUT2D eigenvalue weighted by molar-refractivity contribution is 6.30. The molecule has 0 bridgehead atoms. The molecule has 0 radical (unpaired) electrons. The van der Waals surface area contributed by atoms with Crippen molar-refractivity contribution < 1.29 is 4.74 Å². The molecule has 0 fully saturated rings. The van der Waals surface area contributed by atoms with E-state index in [-0.39, 0.29) is 0 Å². The maximum atomic E-state index is 5.83. The molecular formula is C12H13ClO. The fourth-order valence-electron chi connectivity index (χ4n) is 1.02. The standard InChI is InChI=1S/C12H13ClO/c1-3-6-11(4-2)14-12-8-5-7-10(13)9-12/h3-9H,1-2H3. The maximum Gasteiger partial charge on any atom is 0.128 e. The molecule has 0 aliphatic carbocycles. The molecule has 0 saturated carbocycles. The maximum absolute atomic E-state index is 5.83. The smallest absolute Gasteiger partial charge is 0.128 e. The number of rotatable bonds is 3. The van der Waals surface area contributed by atoms with Crippen LogP contribution in [0.1, 0.15) is 13.8 Å². The highest BCUT2D eigenvalue weighted by atomic mass is 35.5. The quantitative estimate of drug-likeness (QED) is 0.535. The van der Waals surface area contributed by atoms with Crippen molar-refractivity contribution in [3.63, 3.8) is 0 Å². The molecule has 2 heteroatoms. The molecule has 0 saturated heterocycles. The van der Waals surface area contributed by atoms with Gasteiger partial charge in [0.2, 0.25) is 0 Å². The van der Waals surface area contributed by atoms with Gasteiger partial charge in [-0.15, -0.1) is 0 Å². The lowest BCUT2D eigenvalue weighted by Crippen LogP contribution is -1.91. The summed E-state index contributed by atoms with van der Waals surface area (Å²) >= 11 is 5.83. The molecule has 74 valence electrons. The number of hydrogen-bond acceptors (Lipinski definition) is 1. The first-order chi connectivity index (χ1) is 6.76. The van der Waals surface area contributed by atoms with Crippen LogP contribution in [-0.2, 0) is 0 Å². The van der Waals surface area contributed by atoms with Gasteiger partial charge < -0.3 is 4.74 Å². The first-order valence-electron chi connectivity index (χ1n) is 4.48. The Morgan fingerprint density at radius 1 is 1.36 bits per heavy atom. The summed E-state index contributed by atoms with van der Waals surface area (Å²) in [4.78, 5) is 0. The van der Waals surface area contributed by atoms with Gasteiger partial charge in [-0.25, -0.2) is 0 Å². The average Bonchev–Trinajstić information content (AvgIpc) is 2.17. The zero-order valence-corrected chi connectivity index (χ0v) is 9.08. The molecule has 0 heterocycles. The highest BCUT2D eigenvalue weighted by Crippen LogP contribution is 2.19. The fraction of sp³-hybridized carbons (Fsp3) is 0.167. The van der Waals surface area contributed by atoms with Crippen LogP contribution in [0.25, 0.3) is 0 Å². The summed E-state index contributed by atoms with van der Waals surface area (Å²) in [5.41, 5.74) is 0. The van der Waals surface area contributed by atoms with Gasteiger partial charge >= 0.3 is 0 Å². The van der Waals surface area contributed by atoms with Crippen molar-refractivity contribution in [3.8, 4) is 5.75 Å². The van der Waals surface area contributed by atoms with Crippen molar-refractivity contribution in [2.75, 3.05) is 0 Å². The van der Waals surface area contributed by atoms with Crippen LogP contribution in [0.4, 0.5) is 0 Å². The predicted molar refractivity (Wildman–Crippen MR) is 60.7 cm³/mol. The average molecular weight is 209 g/mol. The number of ether oxygens (including phenoxy) is 1. The van der Waals surface area contributed by atoms with E-state index < -0.39 is 0 Å². The Hall–Kier alpha value is -1.21. The van der Waals surface area contributed by atoms with Crippen LogP contribution < -0.4 is 4.74 Å². The van der Waals surface area contributed by atoms with E-state index in [0.717, 1.165) is 11.5 Å². The van der Waals surface area contributed by atoms with Crippen molar-refractivity contribution in [2.45, 2.75) is 13.8 Å². The second-order valence-corrected chi connectivity index (χ2v) is 3.19. The summed E-state index contributed by atoms with van der Waals surface area (Å²) in [5, 5.41) is 0.679. The van der Waals surface area contributed by atoms with E-state index in [1.54, 1.807) is 6.07 Å². The Morgan fingerprint density at radius 2 is 2.14 bits per heavy atom. The van der Waals surface area contributed by atoms with E-state index in [9.17, 15) is 0 Å². The zero-order chi connectivity index (χ0) is 10.4. The highest BCUT2D eigenvalue weighted by Gasteiger charge is 1.96. The van der Waals surface area contributed by atoms with E-state index in [1.165, 1.54) is 0 Å². The van der Waals surface area contributed by atoms with Gasteiger partial charge in [0.1, 0.15) is 11.5 Å². The van der Waals surface area contributed by atoms with E-state index in [4.69, 9.17) is 16.3 Å². The van der Waals surface area contributed by atoms with Crippen LogP contribution in [-0.4, -0.2) is 0 Å². The monoisotopic (exact) mass is 208 g/mol. The SMILES string of the molecule is CC=CC(=CC)Oc1cccc(Cl)c1. The molecule has 0 aliphatic rings. The van der Waals surface area contributed by atoms with Crippen molar-refractivity contribution in [2.24, 2.45) is 0 Å². The van der Waals surface area contributed by atoms with Crippen molar-refractivity contribution in [1.82, 2.24) is 0 Å². The van der Waals surface area contributed by atoms with Gasteiger partial charge in [-0.05, 0) is 44.2 Å². The third kappa shape index (κ3) is 3.27. The van der Waals surface area contributed by atoms with E-state index in [0.29, 0.717) is 5.02 Å². The van der Waals surface area contributed by atoms with E-state index in [2.05, 4.69) is 0 Å². The molecule has 14 heavy (non-hydrogen) atoms. The normalized spacial score (nSPS) is 12.1. The van der Waals surface area contributed by atoms with Gasteiger partial charge in [0, 0.05) is 5.02 Å². The van der Waals surface area contributed by atoms with Crippen LogP contribution in [0.5, 0.6) is 5.75 Å². The Bertz CT molecular complexity index is 353. The van der Waals surface area contributed by atoms with Crippen LogP contribution in [0.15, 0.2) is 48.3 Å². The number of halogens is 1. The third-order valence-corrected chi connectivity index (χ3v) is 1.88. The minimum absolute atomic E-state index is 0.679. The molecular weight excluding hydrogens is 196 g/mol. The van der Waals surface area contributed by atoms with Crippen LogP contribution in [0, 0.1) is 0 Å². The summed E-state index contributed by atoms with van der Waals surface area (Å²) in [6.45, 7) is 3.88. The first-order valence-corrected chi connectivity index (χ1v) is 4.86. The van der Waals surface area contributed by atoms with Crippen molar-refractivity contribution >= 4 is 11.6 Å². The first kappa shape index (κ1) is 10.9. The summed E-state index contributed by atoms with van der Waals surface area (Å²) in [7, 11) is 0. The van der Waals surface area contributed by atoms with Gasteiger partial charge in [-0.2, -0.15) is 0 Å². The second kappa shape index (κ2) is 5.51. The Kier molecular flexibility index (Phi) is 4.27. The lowest BCUT2D eigenvalue weighted by atomic mass is 10.3. The van der Waals surface area contributed by atoms with Gasteiger partial charge in [-0.1, -0.05) is 23.7 Å². The topological polar surface area (TPSA) is 9.23 Å². The summed E-state index contributed by atoms with van der Waals surface area (Å²) in [5.74, 6) is 1.57. The molecule has 0 aromatic heterocycles. The lowest BCUT2D eigenvalue weighted by Gasteiger charge is -2.05. The summed E-state index contributed by atoms with van der Waals surface area (Å²) < 4.78 is 5.57. The number of allylic oxidation sites excluding steroid dienone is 3. The van der Waals surface area contributed by atoms with Crippen LogP contribution >= 0.6 is 11.6 Å². The molecule has 0 N–H and O–H groups in total. The van der Waals surface area contributed by atoms with Crippen molar-refractivity contribution in [1.29, 1.82) is 0 Å². The van der Waals surface area contributed by atoms with Crippen molar-refractivity contribution in [3.05, 3.63) is 53.3 Å². The Morgan fingerprint density at radius 3 is 2.71 bits per heavy atom. The van der Waals surface area contributed by atoms with Gasteiger partial charge in [0.15, 0.2) is 0 Å². The van der Waals surface area contributed by atoms with Crippen LogP contribution in [0.2, 0.25) is 5.02 Å². The molecule has 0 spiro atoms. The Labute approximate surface area is 89.7 Å². The fourth-order valence-corrected chi connectivity index (χ4v) is 1.20. The zero-order valence-electron chi connectivity index (χ0n) is 8.33. The summed E-state index contributed by atoms with van der Waals surface area (Å²) in [6, 6.07) is 7.34. The summed E-state index contributed by atoms with van der Waals surface area (Å²) in [6.07, 6.45) is 5.74. The minimum atomic E-state index is 0.679. The third-order valence-electron chi connectivity index (χ3n) is 1.65. The molecule has 1 aromatic rings. The second-order valence-electron chi connectivity index (χ2n) is 2.75. The molecule has 1 aromatic carbocycles. The van der Waals surface area contributed by atoms with Gasteiger partial charge in [0.05, 0.1) is 0 Å². The van der Waals surface area contributed by atoms with Crippen LogP contribution in [0.3, 0.4) is 0 Å². The molecule has 0 atom stereocenters. The molecule has 1 rings (SSSR count). The molecule has 0 unspecified atom stereocenters. The lowest BCUT2D eigenvalue weighted by molar-refractivity contribution is 0.443. The van der Waals surface area contributed by atoms with E-state index >= 15 is 0 Å².